The van der Waals surface area contributed by atoms with Crippen molar-refractivity contribution < 1.29 is 4.79 Å². The molecule has 0 spiro atoms. The molecule has 5 heteroatoms. The number of nitrogens with two attached hydrogens (primary N) is 1. The van der Waals surface area contributed by atoms with Gasteiger partial charge in [-0.15, -0.1) is 12.4 Å². The van der Waals surface area contributed by atoms with E-state index in [1.165, 1.54) is 6.42 Å². The number of nitrogens with zero attached hydrogens (tertiary/aromatic N) is 2. The lowest BCUT2D eigenvalue weighted by Crippen LogP contribution is -2.47. The van der Waals surface area contributed by atoms with E-state index in [0.717, 1.165) is 32.6 Å². The van der Waals surface area contributed by atoms with Gasteiger partial charge in [0.05, 0.1) is 6.54 Å². The number of rotatable bonds is 3. The molecular formula is C15H30ClN3O. The van der Waals surface area contributed by atoms with Gasteiger partial charge in [0.2, 0.25) is 5.91 Å². The van der Waals surface area contributed by atoms with Crippen LogP contribution in [0.2, 0.25) is 0 Å². The highest BCUT2D eigenvalue weighted by molar-refractivity contribution is 5.85. The first kappa shape index (κ1) is 17.7. The Bertz CT molecular complexity index is 316. The van der Waals surface area contributed by atoms with Crippen LogP contribution in [0.25, 0.3) is 0 Å². The monoisotopic (exact) mass is 303 g/mol. The molecule has 2 saturated heterocycles. The molecular weight excluding hydrogens is 274 g/mol. The maximum Gasteiger partial charge on any atom is 0.236 e. The number of likely N-dealkylation sites (tertiary alicyclic amines) is 2. The molecule has 2 rings (SSSR count). The predicted molar refractivity (Wildman–Crippen MR) is 85.0 cm³/mol. The van der Waals surface area contributed by atoms with Crippen molar-refractivity contribution in [1.29, 1.82) is 0 Å². The molecule has 0 aromatic rings. The average molecular weight is 304 g/mol. The van der Waals surface area contributed by atoms with Crippen molar-refractivity contribution in [1.82, 2.24) is 9.80 Å². The summed E-state index contributed by atoms with van der Waals surface area (Å²) in [6, 6.07) is 0.497. The van der Waals surface area contributed by atoms with Crippen LogP contribution in [0.4, 0.5) is 0 Å². The van der Waals surface area contributed by atoms with Crippen molar-refractivity contribution in [2.75, 3.05) is 32.7 Å². The highest BCUT2D eigenvalue weighted by Crippen LogP contribution is 2.24. The summed E-state index contributed by atoms with van der Waals surface area (Å²) in [5, 5.41) is 0. The number of halogens is 1. The van der Waals surface area contributed by atoms with Gasteiger partial charge in [0.1, 0.15) is 0 Å². The fourth-order valence-electron chi connectivity index (χ4n) is 3.75. The number of carbonyl (C=O) groups is 1. The molecule has 4 unspecified atom stereocenters. The van der Waals surface area contributed by atoms with Crippen LogP contribution in [-0.4, -0.2) is 54.5 Å². The Balaban J connectivity index is 0.00000200. The highest BCUT2D eigenvalue weighted by atomic mass is 35.5. The highest BCUT2D eigenvalue weighted by Gasteiger charge is 2.32. The van der Waals surface area contributed by atoms with Crippen LogP contribution in [0.15, 0.2) is 0 Å². The van der Waals surface area contributed by atoms with Crippen molar-refractivity contribution >= 4 is 18.3 Å². The lowest BCUT2D eigenvalue weighted by molar-refractivity contribution is -0.135. The zero-order chi connectivity index (χ0) is 14.0. The van der Waals surface area contributed by atoms with Gasteiger partial charge in [-0.1, -0.05) is 13.8 Å². The molecule has 0 aromatic heterocycles. The third-order valence-electron chi connectivity index (χ3n) is 4.68. The Hall–Kier alpha value is -0.320. The Morgan fingerprint density at radius 1 is 1.10 bits per heavy atom. The van der Waals surface area contributed by atoms with E-state index in [4.69, 9.17) is 5.73 Å². The molecule has 4 atom stereocenters. The van der Waals surface area contributed by atoms with Crippen molar-refractivity contribution in [3.05, 3.63) is 0 Å². The van der Waals surface area contributed by atoms with E-state index in [9.17, 15) is 4.79 Å². The summed E-state index contributed by atoms with van der Waals surface area (Å²) in [5.41, 5.74) is 5.75. The fourth-order valence-corrected chi connectivity index (χ4v) is 3.75. The Morgan fingerprint density at radius 2 is 1.70 bits per heavy atom. The van der Waals surface area contributed by atoms with E-state index in [1.54, 1.807) is 0 Å². The summed E-state index contributed by atoms with van der Waals surface area (Å²) >= 11 is 0. The number of hydrogen-bond acceptors (Lipinski definition) is 3. The summed E-state index contributed by atoms with van der Waals surface area (Å²) in [6.07, 6.45) is 2.38. The van der Waals surface area contributed by atoms with E-state index in [2.05, 4.69) is 30.6 Å². The zero-order valence-corrected chi connectivity index (χ0v) is 13.9. The molecule has 0 radical (unpaired) electrons. The van der Waals surface area contributed by atoms with Crippen molar-refractivity contribution in [2.24, 2.45) is 23.5 Å². The summed E-state index contributed by atoms with van der Waals surface area (Å²) in [6.45, 7) is 10.9. The molecule has 20 heavy (non-hydrogen) atoms. The standard InChI is InChI=1S/C15H29N3O.ClH/c1-11-4-12(2)8-18(7-11)15(19)10-17-9-14(6-16)5-13(17)3;/h11-14H,4-10,16H2,1-3H3;1H. The van der Waals surface area contributed by atoms with Crippen LogP contribution >= 0.6 is 12.4 Å². The normalized spacial score (nSPS) is 34.9. The van der Waals surface area contributed by atoms with Crippen molar-refractivity contribution in [3.63, 3.8) is 0 Å². The summed E-state index contributed by atoms with van der Waals surface area (Å²) in [5.74, 6) is 2.16. The van der Waals surface area contributed by atoms with E-state index in [0.29, 0.717) is 36.2 Å². The number of amides is 1. The molecule has 2 aliphatic rings. The third kappa shape index (κ3) is 4.34. The Kier molecular flexibility index (Phi) is 6.76. The van der Waals surface area contributed by atoms with Crippen molar-refractivity contribution in [3.8, 4) is 0 Å². The van der Waals surface area contributed by atoms with Gasteiger partial charge in [0.15, 0.2) is 0 Å². The van der Waals surface area contributed by atoms with Gasteiger partial charge < -0.3 is 10.6 Å². The van der Waals surface area contributed by atoms with Crippen LogP contribution in [0, 0.1) is 17.8 Å². The molecule has 0 bridgehead atoms. The van der Waals surface area contributed by atoms with Crippen LogP contribution in [0.1, 0.15) is 33.6 Å². The Morgan fingerprint density at radius 3 is 2.20 bits per heavy atom. The lowest BCUT2D eigenvalue weighted by atomic mass is 9.92. The van der Waals surface area contributed by atoms with E-state index < -0.39 is 0 Å². The molecule has 0 aliphatic carbocycles. The second-order valence-electron chi connectivity index (χ2n) is 6.86. The van der Waals surface area contributed by atoms with Gasteiger partial charge in [0, 0.05) is 25.7 Å². The largest absolute Gasteiger partial charge is 0.341 e. The van der Waals surface area contributed by atoms with Gasteiger partial charge in [-0.05, 0) is 44.1 Å². The topological polar surface area (TPSA) is 49.6 Å². The molecule has 4 nitrogen and oxygen atoms in total. The molecule has 118 valence electrons. The zero-order valence-electron chi connectivity index (χ0n) is 13.0. The van der Waals surface area contributed by atoms with Gasteiger partial charge in [0.25, 0.3) is 0 Å². The first-order chi connectivity index (χ1) is 8.99. The first-order valence-electron chi connectivity index (χ1n) is 7.71. The number of carbonyl (C=O) groups excluding carboxylic acids is 1. The quantitative estimate of drug-likeness (QED) is 0.861. The number of hydrogen-bond donors (Lipinski definition) is 1. The van der Waals surface area contributed by atoms with E-state index in [1.807, 2.05) is 0 Å². The van der Waals surface area contributed by atoms with Crippen LogP contribution in [-0.2, 0) is 4.79 Å². The molecule has 2 heterocycles. The maximum absolute atomic E-state index is 12.4. The minimum atomic E-state index is 0. The molecule has 2 aliphatic heterocycles. The van der Waals surface area contributed by atoms with Crippen LogP contribution in [0.3, 0.4) is 0 Å². The SMILES string of the molecule is CC1CC(C)CN(C(=O)CN2CC(CN)CC2C)C1.Cl. The van der Waals surface area contributed by atoms with Gasteiger partial charge in [-0.3, -0.25) is 9.69 Å². The minimum absolute atomic E-state index is 0. The van der Waals surface area contributed by atoms with Gasteiger partial charge in [-0.2, -0.15) is 0 Å². The summed E-state index contributed by atoms with van der Waals surface area (Å²) in [7, 11) is 0. The van der Waals surface area contributed by atoms with E-state index in [-0.39, 0.29) is 12.4 Å². The van der Waals surface area contributed by atoms with Crippen LogP contribution < -0.4 is 5.73 Å². The molecule has 0 aromatic carbocycles. The lowest BCUT2D eigenvalue weighted by Gasteiger charge is -2.36. The van der Waals surface area contributed by atoms with Crippen molar-refractivity contribution in [2.45, 2.75) is 39.7 Å². The minimum Gasteiger partial charge on any atom is -0.341 e. The average Bonchev–Trinajstić information content (AvgIpc) is 2.69. The smallest absolute Gasteiger partial charge is 0.236 e. The predicted octanol–water partition coefficient (Wildman–Crippen LogP) is 1.58. The van der Waals surface area contributed by atoms with Crippen LogP contribution in [0.5, 0.6) is 0 Å². The second kappa shape index (κ2) is 7.62. The fraction of sp³-hybridized carbons (Fsp3) is 0.933. The molecule has 2 N–H and O–H groups in total. The molecule has 2 fully saturated rings. The number of piperidine rings is 1. The summed E-state index contributed by atoms with van der Waals surface area (Å²) in [4.78, 5) is 16.8. The molecule has 1 amide bonds. The molecule has 0 saturated carbocycles. The first-order valence-corrected chi connectivity index (χ1v) is 7.71. The third-order valence-corrected chi connectivity index (χ3v) is 4.68. The van der Waals surface area contributed by atoms with Gasteiger partial charge in [-0.25, -0.2) is 0 Å². The maximum atomic E-state index is 12.4. The summed E-state index contributed by atoms with van der Waals surface area (Å²) < 4.78 is 0. The second-order valence-corrected chi connectivity index (χ2v) is 6.86. The Labute approximate surface area is 129 Å². The van der Waals surface area contributed by atoms with Gasteiger partial charge >= 0.3 is 0 Å². The van der Waals surface area contributed by atoms with E-state index >= 15 is 0 Å².